The van der Waals surface area contributed by atoms with Crippen molar-refractivity contribution in [1.29, 1.82) is 0 Å². The molecule has 38 heavy (non-hydrogen) atoms. The molecule has 0 radical (unpaired) electrons. The Bertz CT molecular complexity index is 957. The monoisotopic (exact) mass is 532 g/mol. The highest BCUT2D eigenvalue weighted by molar-refractivity contribution is 5.92. The zero-order valence-electron chi connectivity index (χ0n) is 24.5. The molecule has 0 spiro atoms. The molecule has 4 amide bonds. The van der Waals surface area contributed by atoms with Crippen molar-refractivity contribution in [2.24, 2.45) is 5.73 Å². The van der Waals surface area contributed by atoms with E-state index in [0.29, 0.717) is 18.5 Å². The zero-order chi connectivity index (χ0) is 29.0. The number of benzene rings is 1. The van der Waals surface area contributed by atoms with E-state index in [9.17, 15) is 19.2 Å². The molecule has 0 saturated heterocycles. The molecule has 4 N–H and O–H groups in total. The van der Waals surface area contributed by atoms with Crippen LogP contribution in [-0.2, 0) is 19.1 Å². The van der Waals surface area contributed by atoms with Crippen LogP contribution in [0.4, 0.5) is 4.79 Å². The Labute approximate surface area is 228 Å². The number of primary amides is 1. The lowest BCUT2D eigenvalue weighted by atomic mass is 9.95. The topological polar surface area (TPSA) is 131 Å². The highest BCUT2D eigenvalue weighted by Gasteiger charge is 2.37. The molecular weight excluding hydrogens is 484 g/mol. The first-order valence-electron chi connectivity index (χ1n) is 13.7. The molecule has 0 saturated carbocycles. The van der Waals surface area contributed by atoms with Gasteiger partial charge in [0.1, 0.15) is 17.7 Å². The summed E-state index contributed by atoms with van der Waals surface area (Å²) in [5, 5.41) is 5.70. The summed E-state index contributed by atoms with van der Waals surface area (Å²) in [7, 11) is 0. The highest BCUT2D eigenvalue weighted by Crippen LogP contribution is 2.28. The van der Waals surface area contributed by atoms with E-state index in [1.807, 2.05) is 52.8 Å². The van der Waals surface area contributed by atoms with Gasteiger partial charge in [0.15, 0.2) is 0 Å². The fraction of sp³-hybridized carbons (Fsp3) is 0.655. The van der Waals surface area contributed by atoms with Crippen LogP contribution in [0.3, 0.4) is 0 Å². The number of ether oxygens (including phenoxy) is 1. The number of nitrogens with zero attached hydrogens (tertiary/aromatic N) is 1. The van der Waals surface area contributed by atoms with Crippen molar-refractivity contribution in [2.45, 2.75) is 118 Å². The minimum Gasteiger partial charge on any atom is -0.444 e. The van der Waals surface area contributed by atoms with Crippen molar-refractivity contribution in [3.05, 3.63) is 34.9 Å². The summed E-state index contributed by atoms with van der Waals surface area (Å²) in [6.07, 6.45) is 2.26. The molecule has 1 aromatic carbocycles. The largest absolute Gasteiger partial charge is 0.444 e. The van der Waals surface area contributed by atoms with E-state index < -0.39 is 35.6 Å². The molecule has 0 aromatic heterocycles. The summed E-state index contributed by atoms with van der Waals surface area (Å²) in [6.45, 7) is 15.3. The fourth-order valence-electron chi connectivity index (χ4n) is 4.30. The number of amides is 4. The molecule has 0 aliphatic carbocycles. The maximum absolute atomic E-state index is 14.1. The minimum absolute atomic E-state index is 0.0104. The van der Waals surface area contributed by atoms with Crippen LogP contribution in [0.15, 0.2) is 18.2 Å². The third-order valence-electron chi connectivity index (χ3n) is 6.09. The third kappa shape index (κ3) is 11.1. The lowest BCUT2D eigenvalue weighted by molar-refractivity contribution is -0.143. The van der Waals surface area contributed by atoms with Crippen molar-refractivity contribution >= 4 is 23.8 Å². The molecule has 0 aliphatic heterocycles. The van der Waals surface area contributed by atoms with Crippen molar-refractivity contribution in [1.82, 2.24) is 15.5 Å². The van der Waals surface area contributed by atoms with E-state index in [4.69, 9.17) is 10.5 Å². The predicted octanol–water partition coefficient (Wildman–Crippen LogP) is 4.44. The Morgan fingerprint density at radius 2 is 1.68 bits per heavy atom. The first kappa shape index (κ1) is 32.9. The number of hydrogen-bond acceptors (Lipinski definition) is 5. The smallest absolute Gasteiger partial charge is 0.408 e. The first-order valence-corrected chi connectivity index (χ1v) is 13.7. The second-order valence-corrected chi connectivity index (χ2v) is 11.0. The van der Waals surface area contributed by atoms with Gasteiger partial charge in [0.25, 0.3) is 0 Å². The lowest BCUT2D eigenvalue weighted by Crippen LogP contribution is -2.54. The Morgan fingerprint density at radius 3 is 2.21 bits per heavy atom. The van der Waals surface area contributed by atoms with Gasteiger partial charge >= 0.3 is 6.09 Å². The quantitative estimate of drug-likeness (QED) is 0.326. The number of rotatable bonds is 14. The van der Waals surface area contributed by atoms with Gasteiger partial charge in [0.2, 0.25) is 17.7 Å². The first-order chi connectivity index (χ1) is 17.7. The standard InChI is InChI=1S/C29H48N4O5/c1-9-11-17-33(27(36)23(15-16-24(30)34)32-28(37)38-29(6,7)8)25(26(35)31-21(5)12-10-2)22-14-13-19(3)18-20(22)4/h13-14,18,21,23,25H,9-12,15-17H2,1-8H3,(H2,30,34)(H,31,35)(H,32,37). The van der Waals surface area contributed by atoms with E-state index in [-0.39, 0.29) is 24.8 Å². The maximum Gasteiger partial charge on any atom is 0.408 e. The number of nitrogens with one attached hydrogen (secondary N) is 2. The molecule has 1 rings (SSSR count). The van der Waals surface area contributed by atoms with E-state index >= 15 is 0 Å². The molecule has 0 fully saturated rings. The van der Waals surface area contributed by atoms with E-state index in [1.54, 1.807) is 20.8 Å². The summed E-state index contributed by atoms with van der Waals surface area (Å²) in [5.74, 6) is -1.34. The summed E-state index contributed by atoms with van der Waals surface area (Å²) in [6, 6.07) is 3.70. The Hall–Kier alpha value is -3.10. The Morgan fingerprint density at radius 1 is 1.03 bits per heavy atom. The molecule has 0 bridgehead atoms. The SMILES string of the molecule is CCCCN(C(=O)C(CCC(N)=O)NC(=O)OC(C)(C)C)C(C(=O)NC(C)CCC)c1ccc(C)cc1C. The second kappa shape index (κ2) is 15.3. The molecule has 3 unspecified atom stereocenters. The average molecular weight is 533 g/mol. The second-order valence-electron chi connectivity index (χ2n) is 11.0. The van der Waals surface area contributed by atoms with Gasteiger partial charge in [-0.25, -0.2) is 4.79 Å². The minimum atomic E-state index is -1.09. The van der Waals surface area contributed by atoms with Gasteiger partial charge in [-0.15, -0.1) is 0 Å². The molecule has 9 nitrogen and oxygen atoms in total. The van der Waals surface area contributed by atoms with Crippen molar-refractivity contribution < 1.29 is 23.9 Å². The molecule has 3 atom stereocenters. The van der Waals surface area contributed by atoms with Crippen LogP contribution in [0.2, 0.25) is 0 Å². The zero-order valence-corrected chi connectivity index (χ0v) is 24.5. The van der Waals surface area contributed by atoms with Crippen molar-refractivity contribution in [3.8, 4) is 0 Å². The van der Waals surface area contributed by atoms with Crippen LogP contribution in [0, 0.1) is 13.8 Å². The van der Waals surface area contributed by atoms with Crippen molar-refractivity contribution in [3.63, 3.8) is 0 Å². The lowest BCUT2D eigenvalue weighted by Gasteiger charge is -2.35. The van der Waals surface area contributed by atoms with Gasteiger partial charge < -0.3 is 26.0 Å². The summed E-state index contributed by atoms with van der Waals surface area (Å²) in [4.78, 5) is 53.6. The van der Waals surface area contributed by atoms with Gasteiger partial charge in [0.05, 0.1) is 0 Å². The van der Waals surface area contributed by atoms with Crippen LogP contribution in [0.5, 0.6) is 0 Å². The van der Waals surface area contributed by atoms with Gasteiger partial charge in [-0.2, -0.15) is 0 Å². The fourth-order valence-corrected chi connectivity index (χ4v) is 4.30. The Kier molecular flexibility index (Phi) is 13.3. The molecular formula is C29H48N4O5. The van der Waals surface area contributed by atoms with Crippen LogP contribution < -0.4 is 16.4 Å². The molecule has 0 heterocycles. The van der Waals surface area contributed by atoms with Gasteiger partial charge in [-0.05, 0) is 71.9 Å². The number of alkyl carbamates (subject to hydrolysis) is 1. The van der Waals surface area contributed by atoms with Crippen LogP contribution in [0.1, 0.15) is 103 Å². The summed E-state index contributed by atoms with van der Waals surface area (Å²) >= 11 is 0. The normalized spacial score (nSPS) is 13.7. The van der Waals surface area contributed by atoms with E-state index in [2.05, 4.69) is 10.6 Å². The number of hydrogen-bond donors (Lipinski definition) is 3. The molecule has 0 aliphatic rings. The number of carbonyl (C=O) groups excluding carboxylic acids is 4. The molecule has 9 heteroatoms. The summed E-state index contributed by atoms with van der Waals surface area (Å²) in [5.41, 5.74) is 7.24. The molecule has 214 valence electrons. The van der Waals surface area contributed by atoms with Gasteiger partial charge in [0, 0.05) is 19.0 Å². The maximum atomic E-state index is 14.1. The predicted molar refractivity (Wildman–Crippen MR) is 149 cm³/mol. The number of unbranched alkanes of at least 4 members (excludes halogenated alkanes) is 1. The Balaban J connectivity index is 3.56. The van der Waals surface area contributed by atoms with Gasteiger partial charge in [-0.1, -0.05) is 50.5 Å². The van der Waals surface area contributed by atoms with Crippen LogP contribution in [-0.4, -0.2) is 52.9 Å². The van der Waals surface area contributed by atoms with Crippen molar-refractivity contribution in [2.75, 3.05) is 6.54 Å². The van der Waals surface area contributed by atoms with Gasteiger partial charge in [-0.3, -0.25) is 14.4 Å². The van der Waals surface area contributed by atoms with Crippen LogP contribution in [0.25, 0.3) is 0 Å². The van der Waals surface area contributed by atoms with E-state index in [0.717, 1.165) is 30.4 Å². The number of carbonyl (C=O) groups is 4. The number of aryl methyl sites for hydroxylation is 2. The summed E-state index contributed by atoms with van der Waals surface area (Å²) < 4.78 is 5.37. The third-order valence-corrected chi connectivity index (χ3v) is 6.09. The number of nitrogens with two attached hydrogens (primary N) is 1. The molecule has 1 aromatic rings. The van der Waals surface area contributed by atoms with E-state index in [1.165, 1.54) is 4.90 Å². The average Bonchev–Trinajstić information content (AvgIpc) is 2.78. The van der Waals surface area contributed by atoms with Crippen LogP contribution >= 0.6 is 0 Å². The highest BCUT2D eigenvalue weighted by atomic mass is 16.6.